The lowest BCUT2D eigenvalue weighted by atomic mass is 10.1. The highest BCUT2D eigenvalue weighted by molar-refractivity contribution is 9.10. The molecule has 0 fully saturated rings. The largest absolute Gasteiger partial charge is 0.496 e. The molecule has 0 radical (unpaired) electrons. The second kappa shape index (κ2) is 6.31. The van der Waals surface area contributed by atoms with E-state index in [1.807, 2.05) is 6.07 Å². The molecule has 5 heteroatoms. The Morgan fingerprint density at radius 1 is 1.25 bits per heavy atom. The molecule has 2 aromatic carbocycles. The number of nitrogens with zero attached hydrogens (tertiary/aromatic N) is 1. The van der Waals surface area contributed by atoms with Gasteiger partial charge >= 0.3 is 0 Å². The van der Waals surface area contributed by atoms with Gasteiger partial charge in [-0.3, -0.25) is 0 Å². The van der Waals surface area contributed by atoms with Gasteiger partial charge in [-0.1, -0.05) is 15.9 Å². The Morgan fingerprint density at radius 3 is 2.70 bits per heavy atom. The van der Waals surface area contributed by atoms with Crippen LogP contribution in [0.15, 0.2) is 40.9 Å². The number of nitrogen functional groups attached to an aromatic ring is 1. The van der Waals surface area contributed by atoms with E-state index in [4.69, 9.17) is 20.5 Å². The van der Waals surface area contributed by atoms with Crippen LogP contribution in [0.3, 0.4) is 0 Å². The normalized spacial score (nSPS) is 9.85. The van der Waals surface area contributed by atoms with Gasteiger partial charge < -0.3 is 15.2 Å². The van der Waals surface area contributed by atoms with Crippen molar-refractivity contribution in [2.45, 2.75) is 6.61 Å². The summed E-state index contributed by atoms with van der Waals surface area (Å²) in [6.45, 7) is 0.300. The molecule has 0 heterocycles. The molecule has 0 aromatic heterocycles. The SMILES string of the molecule is COc1ccc(C#N)cc1COc1cc(N)cc(Br)c1. The molecular weight excluding hydrogens is 320 g/mol. The Labute approximate surface area is 125 Å². The lowest BCUT2D eigenvalue weighted by molar-refractivity contribution is 0.296. The third-order valence-corrected chi connectivity index (χ3v) is 3.16. The van der Waals surface area contributed by atoms with Gasteiger partial charge in [0.05, 0.1) is 18.7 Å². The predicted octanol–water partition coefficient (Wildman–Crippen LogP) is 3.49. The van der Waals surface area contributed by atoms with Gasteiger partial charge in [-0.25, -0.2) is 0 Å². The molecule has 20 heavy (non-hydrogen) atoms. The van der Waals surface area contributed by atoms with Crippen molar-refractivity contribution in [3.05, 3.63) is 52.0 Å². The number of hydrogen-bond donors (Lipinski definition) is 1. The summed E-state index contributed by atoms with van der Waals surface area (Å²) in [5.41, 5.74) is 7.75. The Hall–Kier alpha value is -2.19. The maximum Gasteiger partial charge on any atom is 0.125 e. The van der Waals surface area contributed by atoms with Crippen molar-refractivity contribution in [1.82, 2.24) is 0 Å². The molecule has 102 valence electrons. The molecule has 0 bridgehead atoms. The zero-order chi connectivity index (χ0) is 14.5. The molecule has 2 N–H and O–H groups in total. The summed E-state index contributed by atoms with van der Waals surface area (Å²) in [4.78, 5) is 0. The van der Waals surface area contributed by atoms with Crippen molar-refractivity contribution in [2.75, 3.05) is 12.8 Å². The van der Waals surface area contributed by atoms with Crippen LogP contribution < -0.4 is 15.2 Å². The van der Waals surface area contributed by atoms with Crippen molar-refractivity contribution in [3.63, 3.8) is 0 Å². The highest BCUT2D eigenvalue weighted by Gasteiger charge is 2.06. The average molecular weight is 333 g/mol. The summed E-state index contributed by atoms with van der Waals surface area (Å²) in [7, 11) is 1.59. The molecule has 0 amide bonds. The first-order valence-electron chi connectivity index (χ1n) is 5.88. The molecule has 0 atom stereocenters. The predicted molar refractivity (Wildman–Crippen MR) is 80.6 cm³/mol. The summed E-state index contributed by atoms with van der Waals surface area (Å²) < 4.78 is 11.8. The van der Waals surface area contributed by atoms with Crippen LogP contribution in [0.4, 0.5) is 5.69 Å². The topological polar surface area (TPSA) is 68.3 Å². The number of benzene rings is 2. The first-order valence-corrected chi connectivity index (χ1v) is 6.67. The molecule has 0 saturated carbocycles. The molecule has 0 aliphatic rings. The quantitative estimate of drug-likeness (QED) is 0.870. The number of rotatable bonds is 4. The lowest BCUT2D eigenvalue weighted by Gasteiger charge is -2.11. The van der Waals surface area contributed by atoms with Crippen LogP contribution in [-0.2, 0) is 6.61 Å². The minimum absolute atomic E-state index is 0.300. The van der Waals surface area contributed by atoms with Crippen LogP contribution in [0.25, 0.3) is 0 Å². The van der Waals surface area contributed by atoms with Crippen molar-refractivity contribution < 1.29 is 9.47 Å². The number of halogens is 1. The van der Waals surface area contributed by atoms with E-state index in [1.54, 1.807) is 37.4 Å². The highest BCUT2D eigenvalue weighted by atomic mass is 79.9. The van der Waals surface area contributed by atoms with Gasteiger partial charge in [0.1, 0.15) is 18.1 Å². The Bertz CT molecular complexity index is 645. The molecular formula is C15H13BrN2O2. The van der Waals surface area contributed by atoms with Crippen molar-refractivity contribution in [3.8, 4) is 17.6 Å². The summed E-state index contributed by atoms with van der Waals surface area (Å²) in [5, 5.41) is 8.93. The maximum absolute atomic E-state index is 8.93. The number of methoxy groups -OCH3 is 1. The van der Waals surface area contributed by atoms with Gasteiger partial charge in [-0.2, -0.15) is 5.26 Å². The molecule has 0 aliphatic carbocycles. The number of nitrogens with two attached hydrogens (primary N) is 1. The summed E-state index contributed by atoms with van der Waals surface area (Å²) in [6.07, 6.45) is 0. The Morgan fingerprint density at radius 2 is 2.05 bits per heavy atom. The zero-order valence-corrected chi connectivity index (χ0v) is 12.5. The van der Waals surface area contributed by atoms with Crippen molar-refractivity contribution in [2.24, 2.45) is 0 Å². The first kappa shape index (κ1) is 14.2. The number of ether oxygens (including phenoxy) is 2. The molecule has 4 nitrogen and oxygen atoms in total. The fourth-order valence-electron chi connectivity index (χ4n) is 1.79. The van der Waals surface area contributed by atoms with Crippen LogP contribution >= 0.6 is 15.9 Å². The maximum atomic E-state index is 8.93. The van der Waals surface area contributed by atoms with Crippen LogP contribution in [0.2, 0.25) is 0 Å². The second-order valence-corrected chi connectivity index (χ2v) is 5.06. The van der Waals surface area contributed by atoms with Gasteiger partial charge in [0.15, 0.2) is 0 Å². The van der Waals surface area contributed by atoms with Crippen LogP contribution in [0.1, 0.15) is 11.1 Å². The minimum Gasteiger partial charge on any atom is -0.496 e. The third kappa shape index (κ3) is 3.43. The fraction of sp³-hybridized carbons (Fsp3) is 0.133. The van der Waals surface area contributed by atoms with E-state index in [0.717, 1.165) is 10.0 Å². The second-order valence-electron chi connectivity index (χ2n) is 4.15. The van der Waals surface area contributed by atoms with E-state index < -0.39 is 0 Å². The summed E-state index contributed by atoms with van der Waals surface area (Å²) in [5.74, 6) is 1.34. The van der Waals surface area contributed by atoms with Gasteiger partial charge in [0, 0.05) is 21.8 Å². The van der Waals surface area contributed by atoms with E-state index in [0.29, 0.717) is 29.4 Å². The van der Waals surface area contributed by atoms with Gasteiger partial charge in [-0.05, 0) is 30.3 Å². The highest BCUT2D eigenvalue weighted by Crippen LogP contribution is 2.26. The Balaban J connectivity index is 2.19. The van der Waals surface area contributed by atoms with Gasteiger partial charge in [0.25, 0.3) is 0 Å². The zero-order valence-electron chi connectivity index (χ0n) is 10.9. The van der Waals surface area contributed by atoms with Crippen LogP contribution in [0.5, 0.6) is 11.5 Å². The fourth-order valence-corrected chi connectivity index (χ4v) is 2.28. The smallest absolute Gasteiger partial charge is 0.125 e. The van der Waals surface area contributed by atoms with Crippen molar-refractivity contribution >= 4 is 21.6 Å². The lowest BCUT2D eigenvalue weighted by Crippen LogP contribution is -2.00. The van der Waals surface area contributed by atoms with E-state index in [9.17, 15) is 0 Å². The summed E-state index contributed by atoms with van der Waals surface area (Å²) >= 11 is 3.36. The number of anilines is 1. The van der Waals surface area contributed by atoms with Crippen LogP contribution in [-0.4, -0.2) is 7.11 Å². The molecule has 0 aliphatic heterocycles. The monoisotopic (exact) mass is 332 g/mol. The van der Waals surface area contributed by atoms with Gasteiger partial charge in [-0.15, -0.1) is 0 Å². The molecule has 2 aromatic rings. The van der Waals surface area contributed by atoms with E-state index in [2.05, 4.69) is 22.0 Å². The molecule has 2 rings (SSSR count). The van der Waals surface area contributed by atoms with E-state index in [-0.39, 0.29) is 0 Å². The molecule has 0 spiro atoms. The standard InChI is InChI=1S/C15H13BrN2O2/c1-19-15-3-2-10(8-17)4-11(15)9-20-14-6-12(16)5-13(18)7-14/h2-7H,9,18H2,1H3. The summed E-state index contributed by atoms with van der Waals surface area (Å²) in [6, 6.07) is 12.7. The number of nitriles is 1. The molecule has 0 unspecified atom stereocenters. The minimum atomic E-state index is 0.300. The average Bonchev–Trinajstić information content (AvgIpc) is 2.43. The number of hydrogen-bond acceptors (Lipinski definition) is 4. The van der Waals surface area contributed by atoms with Crippen molar-refractivity contribution in [1.29, 1.82) is 5.26 Å². The van der Waals surface area contributed by atoms with Crippen LogP contribution in [0, 0.1) is 11.3 Å². The van der Waals surface area contributed by atoms with E-state index in [1.165, 1.54) is 0 Å². The first-order chi connectivity index (χ1) is 9.62. The Kier molecular flexibility index (Phi) is 4.49. The molecule has 0 saturated heterocycles. The third-order valence-electron chi connectivity index (χ3n) is 2.70. The van der Waals surface area contributed by atoms with Gasteiger partial charge in [0.2, 0.25) is 0 Å². The van der Waals surface area contributed by atoms with E-state index >= 15 is 0 Å².